The van der Waals surface area contributed by atoms with Gasteiger partial charge < -0.3 is 9.84 Å². The van der Waals surface area contributed by atoms with Gasteiger partial charge in [-0.15, -0.1) is 0 Å². The fraction of sp³-hybridized carbons (Fsp3) is 0.0769. The van der Waals surface area contributed by atoms with E-state index in [2.05, 4.69) is 20.9 Å². The van der Waals surface area contributed by atoms with Crippen LogP contribution in [0.25, 0.3) is 0 Å². The summed E-state index contributed by atoms with van der Waals surface area (Å²) >= 11 is 3.35. The van der Waals surface area contributed by atoms with Gasteiger partial charge in [0.15, 0.2) is 11.4 Å². The molecule has 0 aliphatic heterocycles. The number of ether oxygens (including phenoxy) is 1. The number of carbonyl (C=O) groups is 1. The first kappa shape index (κ1) is 12.6. The standard InChI is InChI=1S/C13H10BrNO3/c1-8-4-5-9(14)7-11(8)18-10-3-2-6-15-12(10)13(16)17/h2-7H,1H3,(H,16,17). The normalized spacial score (nSPS) is 10.1. The van der Waals surface area contributed by atoms with E-state index < -0.39 is 5.97 Å². The molecule has 0 saturated heterocycles. The van der Waals surface area contributed by atoms with Crippen molar-refractivity contribution < 1.29 is 14.6 Å². The van der Waals surface area contributed by atoms with E-state index in [0.717, 1.165) is 10.0 Å². The van der Waals surface area contributed by atoms with Crippen LogP contribution in [0.1, 0.15) is 16.1 Å². The Morgan fingerprint density at radius 1 is 1.33 bits per heavy atom. The Hall–Kier alpha value is -1.88. The predicted octanol–water partition coefficient (Wildman–Crippen LogP) is 3.64. The molecule has 0 amide bonds. The summed E-state index contributed by atoms with van der Waals surface area (Å²) in [5.74, 6) is -0.288. The summed E-state index contributed by atoms with van der Waals surface area (Å²) in [6, 6.07) is 8.78. The van der Waals surface area contributed by atoms with Crippen molar-refractivity contribution in [3.63, 3.8) is 0 Å². The predicted molar refractivity (Wildman–Crippen MR) is 70.1 cm³/mol. The number of nitrogens with zero attached hydrogens (tertiary/aromatic N) is 1. The number of aromatic nitrogens is 1. The van der Waals surface area contributed by atoms with Crippen LogP contribution in [0.15, 0.2) is 41.0 Å². The van der Waals surface area contributed by atoms with E-state index in [9.17, 15) is 4.79 Å². The summed E-state index contributed by atoms with van der Waals surface area (Å²) in [5.41, 5.74) is 0.815. The third-order valence-electron chi connectivity index (χ3n) is 2.34. The maximum atomic E-state index is 11.0. The number of halogens is 1. The average molecular weight is 308 g/mol. The first-order valence-electron chi connectivity index (χ1n) is 5.20. The van der Waals surface area contributed by atoms with Crippen LogP contribution in [0.5, 0.6) is 11.5 Å². The topological polar surface area (TPSA) is 59.4 Å². The van der Waals surface area contributed by atoms with E-state index in [4.69, 9.17) is 9.84 Å². The van der Waals surface area contributed by atoms with Gasteiger partial charge in [0.05, 0.1) is 0 Å². The molecule has 5 heteroatoms. The van der Waals surface area contributed by atoms with Crippen molar-refractivity contribution in [2.45, 2.75) is 6.92 Å². The molecule has 2 aromatic rings. The van der Waals surface area contributed by atoms with E-state index in [1.54, 1.807) is 18.2 Å². The van der Waals surface area contributed by atoms with Gasteiger partial charge in [0.1, 0.15) is 5.75 Å². The number of rotatable bonds is 3. The third-order valence-corrected chi connectivity index (χ3v) is 2.84. The number of aromatic carboxylic acids is 1. The zero-order valence-corrected chi connectivity index (χ0v) is 11.1. The number of aryl methyl sites for hydroxylation is 1. The molecule has 1 aromatic carbocycles. The smallest absolute Gasteiger partial charge is 0.358 e. The molecule has 1 heterocycles. The molecule has 1 N–H and O–H groups in total. The Morgan fingerprint density at radius 2 is 2.11 bits per heavy atom. The Balaban J connectivity index is 2.40. The summed E-state index contributed by atoms with van der Waals surface area (Å²) in [6.07, 6.45) is 1.42. The van der Waals surface area contributed by atoms with Crippen molar-refractivity contribution >= 4 is 21.9 Å². The van der Waals surface area contributed by atoms with Gasteiger partial charge in [-0.3, -0.25) is 0 Å². The van der Waals surface area contributed by atoms with E-state index in [1.807, 2.05) is 19.1 Å². The van der Waals surface area contributed by atoms with Crippen molar-refractivity contribution in [1.29, 1.82) is 0 Å². The molecule has 0 radical (unpaired) electrons. The minimum absolute atomic E-state index is 0.100. The molecule has 0 unspecified atom stereocenters. The summed E-state index contributed by atoms with van der Waals surface area (Å²) in [5, 5.41) is 9.02. The van der Waals surface area contributed by atoms with Crippen molar-refractivity contribution in [3.05, 3.63) is 52.3 Å². The molecular weight excluding hydrogens is 298 g/mol. The van der Waals surface area contributed by atoms with Crippen LogP contribution in [0, 0.1) is 6.92 Å². The van der Waals surface area contributed by atoms with Gasteiger partial charge in [-0.05, 0) is 36.8 Å². The molecule has 0 spiro atoms. The largest absolute Gasteiger partial charge is 0.476 e. The summed E-state index contributed by atoms with van der Waals surface area (Å²) < 4.78 is 6.47. The second kappa shape index (κ2) is 5.18. The maximum Gasteiger partial charge on any atom is 0.358 e. The zero-order chi connectivity index (χ0) is 13.1. The molecule has 0 atom stereocenters. The van der Waals surface area contributed by atoms with Crippen LogP contribution >= 0.6 is 15.9 Å². The van der Waals surface area contributed by atoms with Gasteiger partial charge in [-0.1, -0.05) is 22.0 Å². The van der Waals surface area contributed by atoms with Crippen LogP contribution in [-0.4, -0.2) is 16.1 Å². The van der Waals surface area contributed by atoms with E-state index >= 15 is 0 Å². The second-order valence-electron chi connectivity index (χ2n) is 3.67. The first-order valence-corrected chi connectivity index (χ1v) is 5.99. The number of carboxylic acids is 1. The summed E-state index contributed by atoms with van der Waals surface area (Å²) in [7, 11) is 0. The minimum atomic E-state index is -1.11. The van der Waals surface area contributed by atoms with E-state index in [0.29, 0.717) is 5.75 Å². The lowest BCUT2D eigenvalue weighted by Gasteiger charge is -2.10. The fourth-order valence-electron chi connectivity index (χ4n) is 1.44. The van der Waals surface area contributed by atoms with E-state index in [1.165, 1.54) is 6.20 Å². The highest BCUT2D eigenvalue weighted by molar-refractivity contribution is 9.10. The monoisotopic (exact) mass is 307 g/mol. The van der Waals surface area contributed by atoms with Crippen molar-refractivity contribution in [2.75, 3.05) is 0 Å². The summed E-state index contributed by atoms with van der Waals surface area (Å²) in [6.45, 7) is 1.89. The van der Waals surface area contributed by atoms with Crippen molar-refractivity contribution in [1.82, 2.24) is 4.98 Å². The van der Waals surface area contributed by atoms with Crippen LogP contribution in [0.4, 0.5) is 0 Å². The molecular formula is C13H10BrNO3. The Kier molecular flexibility index (Phi) is 3.62. The number of benzene rings is 1. The second-order valence-corrected chi connectivity index (χ2v) is 4.58. The van der Waals surface area contributed by atoms with Crippen molar-refractivity contribution in [3.8, 4) is 11.5 Å². The fourth-order valence-corrected chi connectivity index (χ4v) is 1.78. The molecule has 4 nitrogen and oxygen atoms in total. The van der Waals surface area contributed by atoms with Crippen LogP contribution in [0.3, 0.4) is 0 Å². The molecule has 0 aliphatic carbocycles. The molecule has 92 valence electrons. The Bertz CT molecular complexity index is 599. The van der Waals surface area contributed by atoms with Gasteiger partial charge in [0.25, 0.3) is 0 Å². The number of hydrogen-bond acceptors (Lipinski definition) is 3. The molecule has 2 rings (SSSR count). The Labute approximate surface area is 112 Å². The minimum Gasteiger partial charge on any atom is -0.476 e. The number of pyridine rings is 1. The molecule has 0 fully saturated rings. The molecule has 0 aliphatic rings. The van der Waals surface area contributed by atoms with E-state index in [-0.39, 0.29) is 11.4 Å². The average Bonchev–Trinajstić information content (AvgIpc) is 2.34. The van der Waals surface area contributed by atoms with Gasteiger partial charge in [-0.2, -0.15) is 0 Å². The lowest BCUT2D eigenvalue weighted by atomic mass is 10.2. The van der Waals surface area contributed by atoms with Gasteiger partial charge in [0.2, 0.25) is 0 Å². The van der Waals surface area contributed by atoms with Gasteiger partial charge in [0, 0.05) is 10.7 Å². The number of carboxylic acid groups (broad SMARTS) is 1. The highest BCUT2D eigenvalue weighted by Gasteiger charge is 2.13. The van der Waals surface area contributed by atoms with Gasteiger partial charge in [-0.25, -0.2) is 9.78 Å². The van der Waals surface area contributed by atoms with Crippen LogP contribution in [-0.2, 0) is 0 Å². The SMILES string of the molecule is Cc1ccc(Br)cc1Oc1cccnc1C(=O)O. The quantitative estimate of drug-likeness (QED) is 0.940. The third kappa shape index (κ3) is 2.68. The molecule has 0 bridgehead atoms. The lowest BCUT2D eigenvalue weighted by Crippen LogP contribution is -2.03. The first-order chi connectivity index (χ1) is 8.58. The molecule has 1 aromatic heterocycles. The summed E-state index contributed by atoms with van der Waals surface area (Å²) in [4.78, 5) is 14.8. The van der Waals surface area contributed by atoms with Crippen LogP contribution < -0.4 is 4.74 Å². The lowest BCUT2D eigenvalue weighted by molar-refractivity contribution is 0.0687. The highest BCUT2D eigenvalue weighted by atomic mass is 79.9. The number of hydrogen-bond donors (Lipinski definition) is 1. The molecule has 0 saturated carbocycles. The zero-order valence-electron chi connectivity index (χ0n) is 9.55. The maximum absolute atomic E-state index is 11.0. The highest BCUT2D eigenvalue weighted by Crippen LogP contribution is 2.29. The van der Waals surface area contributed by atoms with Gasteiger partial charge >= 0.3 is 5.97 Å². The Morgan fingerprint density at radius 3 is 2.83 bits per heavy atom. The van der Waals surface area contributed by atoms with Crippen molar-refractivity contribution in [2.24, 2.45) is 0 Å². The molecule has 18 heavy (non-hydrogen) atoms. The van der Waals surface area contributed by atoms with Crippen LogP contribution in [0.2, 0.25) is 0 Å².